The van der Waals surface area contributed by atoms with E-state index in [-0.39, 0.29) is 5.82 Å². The van der Waals surface area contributed by atoms with E-state index in [0.29, 0.717) is 5.11 Å². The highest BCUT2D eigenvalue weighted by molar-refractivity contribution is 7.80. The highest BCUT2D eigenvalue weighted by atomic mass is 32.1. The summed E-state index contributed by atoms with van der Waals surface area (Å²) in [6.07, 6.45) is 0. The summed E-state index contributed by atoms with van der Waals surface area (Å²) in [6, 6.07) is 14.6. The van der Waals surface area contributed by atoms with Gasteiger partial charge in [-0.05, 0) is 62.5 Å². The van der Waals surface area contributed by atoms with Crippen molar-refractivity contribution in [2.45, 2.75) is 13.8 Å². The second-order valence-corrected chi connectivity index (χ2v) is 5.71. The molecule has 0 spiro atoms. The molecule has 0 aliphatic heterocycles. The van der Waals surface area contributed by atoms with Crippen LogP contribution in [-0.4, -0.2) is 24.7 Å². The van der Waals surface area contributed by atoms with Gasteiger partial charge in [0.05, 0.1) is 0 Å². The van der Waals surface area contributed by atoms with Crippen LogP contribution in [-0.2, 0) is 0 Å². The summed E-state index contributed by atoms with van der Waals surface area (Å²) in [5.41, 5.74) is 3.24. The zero-order chi connectivity index (χ0) is 16.7. The molecule has 23 heavy (non-hydrogen) atoms. The molecular formula is C18H22FN3S. The molecule has 0 saturated carbocycles. The quantitative estimate of drug-likeness (QED) is 0.784. The summed E-state index contributed by atoms with van der Waals surface area (Å²) in [7, 11) is 0. The fraction of sp³-hybridized carbons (Fsp3) is 0.278. The van der Waals surface area contributed by atoms with Gasteiger partial charge in [-0.15, -0.1) is 0 Å². The first kappa shape index (κ1) is 17.2. The second-order valence-electron chi connectivity index (χ2n) is 5.30. The van der Waals surface area contributed by atoms with Gasteiger partial charge in [-0.2, -0.15) is 0 Å². The number of hydrogen-bond donors (Lipinski definition) is 2. The lowest BCUT2D eigenvalue weighted by Crippen LogP contribution is -2.36. The van der Waals surface area contributed by atoms with Crippen LogP contribution in [0.25, 0.3) is 0 Å². The van der Waals surface area contributed by atoms with Gasteiger partial charge in [-0.3, -0.25) is 0 Å². The minimum atomic E-state index is -0.258. The molecule has 122 valence electrons. The SMILES string of the molecule is CCN(CCNC(=S)Nc1ccc(F)cc1)c1ccc(C)cc1. The Morgan fingerprint density at radius 2 is 1.74 bits per heavy atom. The van der Waals surface area contributed by atoms with Gasteiger partial charge in [0.15, 0.2) is 5.11 Å². The molecule has 0 bridgehead atoms. The zero-order valence-electron chi connectivity index (χ0n) is 13.5. The van der Waals surface area contributed by atoms with E-state index >= 15 is 0 Å². The number of halogens is 1. The number of rotatable bonds is 6. The Labute approximate surface area is 142 Å². The number of thiocarbonyl (C=S) groups is 1. The summed E-state index contributed by atoms with van der Waals surface area (Å²) in [5, 5.41) is 6.76. The van der Waals surface area contributed by atoms with E-state index in [1.807, 2.05) is 0 Å². The van der Waals surface area contributed by atoms with E-state index < -0.39 is 0 Å². The van der Waals surface area contributed by atoms with E-state index in [1.165, 1.54) is 23.4 Å². The summed E-state index contributed by atoms with van der Waals surface area (Å²) in [4.78, 5) is 2.28. The Morgan fingerprint density at radius 3 is 2.35 bits per heavy atom. The molecule has 0 amide bonds. The monoisotopic (exact) mass is 331 g/mol. The third-order valence-corrected chi connectivity index (χ3v) is 3.80. The maximum absolute atomic E-state index is 12.9. The van der Waals surface area contributed by atoms with Crippen LogP contribution >= 0.6 is 12.2 Å². The summed E-state index contributed by atoms with van der Waals surface area (Å²) < 4.78 is 12.9. The Hall–Kier alpha value is -2.14. The number of likely N-dealkylation sites (N-methyl/N-ethyl adjacent to an activating group) is 1. The molecule has 0 saturated heterocycles. The van der Waals surface area contributed by atoms with Gasteiger partial charge in [0.2, 0.25) is 0 Å². The lowest BCUT2D eigenvalue weighted by atomic mass is 10.2. The van der Waals surface area contributed by atoms with Crippen LogP contribution in [0, 0.1) is 12.7 Å². The molecule has 0 aromatic heterocycles. The molecule has 0 heterocycles. The molecular weight excluding hydrogens is 309 g/mol. The van der Waals surface area contributed by atoms with Crippen LogP contribution in [0.3, 0.4) is 0 Å². The number of nitrogens with zero attached hydrogens (tertiary/aromatic N) is 1. The number of anilines is 2. The smallest absolute Gasteiger partial charge is 0.170 e. The maximum atomic E-state index is 12.9. The number of hydrogen-bond acceptors (Lipinski definition) is 2. The largest absolute Gasteiger partial charge is 0.370 e. The van der Waals surface area contributed by atoms with Crippen molar-refractivity contribution in [3.63, 3.8) is 0 Å². The molecule has 0 radical (unpaired) electrons. The summed E-state index contributed by atoms with van der Waals surface area (Å²) in [6.45, 7) is 6.73. The van der Waals surface area contributed by atoms with E-state index in [0.717, 1.165) is 25.3 Å². The number of aryl methyl sites for hydroxylation is 1. The Morgan fingerprint density at radius 1 is 1.09 bits per heavy atom. The molecule has 0 aliphatic rings. The first-order valence-electron chi connectivity index (χ1n) is 7.70. The number of benzene rings is 2. The average molecular weight is 331 g/mol. The van der Waals surface area contributed by atoms with Crippen molar-refractivity contribution in [2.24, 2.45) is 0 Å². The van der Waals surface area contributed by atoms with Gasteiger partial charge < -0.3 is 15.5 Å². The minimum absolute atomic E-state index is 0.258. The normalized spacial score (nSPS) is 10.2. The topological polar surface area (TPSA) is 27.3 Å². The van der Waals surface area contributed by atoms with Gasteiger partial charge in [-0.1, -0.05) is 17.7 Å². The van der Waals surface area contributed by atoms with Crippen molar-refractivity contribution < 1.29 is 4.39 Å². The molecule has 2 aromatic rings. The molecule has 5 heteroatoms. The van der Waals surface area contributed by atoms with Crippen molar-refractivity contribution in [3.05, 3.63) is 59.9 Å². The van der Waals surface area contributed by atoms with E-state index in [9.17, 15) is 4.39 Å². The minimum Gasteiger partial charge on any atom is -0.370 e. The lowest BCUT2D eigenvalue weighted by Gasteiger charge is -2.24. The van der Waals surface area contributed by atoms with Crippen molar-refractivity contribution in [1.82, 2.24) is 5.32 Å². The predicted molar refractivity (Wildman–Crippen MR) is 99.7 cm³/mol. The average Bonchev–Trinajstić information content (AvgIpc) is 2.55. The molecule has 0 aliphatic carbocycles. The molecule has 0 unspecified atom stereocenters. The van der Waals surface area contributed by atoms with Crippen LogP contribution in [0.1, 0.15) is 12.5 Å². The van der Waals surface area contributed by atoms with Crippen LogP contribution in [0.4, 0.5) is 15.8 Å². The van der Waals surface area contributed by atoms with Crippen molar-refractivity contribution in [1.29, 1.82) is 0 Å². The predicted octanol–water partition coefficient (Wildman–Crippen LogP) is 3.95. The van der Waals surface area contributed by atoms with Gasteiger partial charge in [-0.25, -0.2) is 4.39 Å². The lowest BCUT2D eigenvalue weighted by molar-refractivity contribution is 0.628. The van der Waals surface area contributed by atoms with Gasteiger partial charge in [0, 0.05) is 31.0 Å². The van der Waals surface area contributed by atoms with Gasteiger partial charge >= 0.3 is 0 Å². The van der Waals surface area contributed by atoms with E-state index in [4.69, 9.17) is 12.2 Å². The van der Waals surface area contributed by atoms with Crippen LogP contribution < -0.4 is 15.5 Å². The highest BCUT2D eigenvalue weighted by Crippen LogP contribution is 2.14. The first-order valence-corrected chi connectivity index (χ1v) is 8.11. The fourth-order valence-electron chi connectivity index (χ4n) is 2.24. The molecule has 2 aromatic carbocycles. The zero-order valence-corrected chi connectivity index (χ0v) is 14.3. The maximum Gasteiger partial charge on any atom is 0.170 e. The van der Waals surface area contributed by atoms with Crippen LogP contribution in [0.15, 0.2) is 48.5 Å². The third kappa shape index (κ3) is 5.53. The second kappa shape index (κ2) is 8.48. The van der Waals surface area contributed by atoms with Crippen LogP contribution in [0.5, 0.6) is 0 Å². The Bertz CT molecular complexity index is 626. The molecule has 0 fully saturated rings. The Kier molecular flexibility index (Phi) is 6.35. The number of nitrogens with one attached hydrogen (secondary N) is 2. The van der Waals surface area contributed by atoms with Gasteiger partial charge in [0.25, 0.3) is 0 Å². The molecule has 2 N–H and O–H groups in total. The summed E-state index contributed by atoms with van der Waals surface area (Å²) >= 11 is 5.26. The van der Waals surface area contributed by atoms with Crippen molar-refractivity contribution in [2.75, 3.05) is 29.9 Å². The van der Waals surface area contributed by atoms with E-state index in [2.05, 4.69) is 53.6 Å². The fourth-order valence-corrected chi connectivity index (χ4v) is 2.46. The standard InChI is InChI=1S/C18H22FN3S/c1-3-22(17-10-4-14(2)5-11-17)13-12-20-18(23)21-16-8-6-15(19)7-9-16/h4-11H,3,12-13H2,1-2H3,(H2,20,21,23). The van der Waals surface area contributed by atoms with Crippen LogP contribution in [0.2, 0.25) is 0 Å². The van der Waals surface area contributed by atoms with Gasteiger partial charge in [0.1, 0.15) is 5.82 Å². The Balaban J connectivity index is 1.79. The highest BCUT2D eigenvalue weighted by Gasteiger charge is 2.04. The third-order valence-electron chi connectivity index (χ3n) is 3.55. The molecule has 0 atom stereocenters. The first-order chi connectivity index (χ1) is 11.1. The van der Waals surface area contributed by atoms with Crippen molar-refractivity contribution in [3.8, 4) is 0 Å². The van der Waals surface area contributed by atoms with Crippen molar-refractivity contribution >= 4 is 28.7 Å². The molecule has 3 nitrogen and oxygen atoms in total. The molecule has 2 rings (SSSR count). The summed E-state index contributed by atoms with van der Waals surface area (Å²) in [5.74, 6) is -0.258. The van der Waals surface area contributed by atoms with E-state index in [1.54, 1.807) is 12.1 Å².